The fourth-order valence-corrected chi connectivity index (χ4v) is 6.80. The first-order valence-electron chi connectivity index (χ1n) is 4.43. The van der Waals surface area contributed by atoms with Crippen molar-refractivity contribution in [1.29, 1.82) is 0 Å². The molecule has 1 aliphatic carbocycles. The van der Waals surface area contributed by atoms with Crippen molar-refractivity contribution in [2.45, 2.75) is 13.8 Å². The van der Waals surface area contributed by atoms with Crippen LogP contribution in [0.1, 0.15) is 24.8 Å². The van der Waals surface area contributed by atoms with Gasteiger partial charge in [-0.1, -0.05) is 0 Å². The summed E-state index contributed by atoms with van der Waals surface area (Å²) in [6.07, 6.45) is 0. The second-order valence-corrected chi connectivity index (χ2v) is 8.80. The first-order chi connectivity index (χ1) is 6.66. The monoisotopic (exact) mass is 316 g/mol. The van der Waals surface area contributed by atoms with Crippen LogP contribution in [0.15, 0.2) is 12.1 Å². The van der Waals surface area contributed by atoms with Crippen molar-refractivity contribution >= 4 is 34.8 Å². The van der Waals surface area contributed by atoms with E-state index in [4.69, 9.17) is 0 Å². The Bertz CT molecular complexity index is 497. The summed E-state index contributed by atoms with van der Waals surface area (Å²) in [5.41, 5.74) is 2.02. The molecule has 0 atom stereocenters. The quantitative estimate of drug-likeness (QED) is 0.577. The van der Waals surface area contributed by atoms with Crippen LogP contribution in [0.4, 0.5) is 0 Å². The summed E-state index contributed by atoms with van der Waals surface area (Å²) < 4.78 is 5.57. The standard InChI is InChI=1S/C11H8OSe2/c1-5-3-7-9(12)8-4-6(2)14-11(8)10(7)13-5/h3-4H,1-2H3. The van der Waals surface area contributed by atoms with E-state index < -0.39 is 0 Å². The van der Waals surface area contributed by atoms with E-state index in [-0.39, 0.29) is 5.78 Å². The van der Waals surface area contributed by atoms with E-state index in [1.54, 1.807) is 0 Å². The van der Waals surface area contributed by atoms with Gasteiger partial charge >= 0.3 is 94.4 Å². The SMILES string of the molecule is Cc1cc2c([se]1)-c1[se]c(C)cc1C2=O. The zero-order valence-electron chi connectivity index (χ0n) is 7.88. The van der Waals surface area contributed by atoms with Crippen molar-refractivity contribution in [2.75, 3.05) is 0 Å². The number of hydrogen-bond donors (Lipinski definition) is 0. The van der Waals surface area contributed by atoms with Gasteiger partial charge in [-0.2, -0.15) is 0 Å². The molecule has 2 aromatic heterocycles. The zero-order chi connectivity index (χ0) is 9.87. The molecule has 2 heterocycles. The van der Waals surface area contributed by atoms with Gasteiger partial charge in [0.15, 0.2) is 0 Å². The molecule has 70 valence electrons. The molecule has 1 nitrogen and oxygen atoms in total. The summed E-state index contributed by atoms with van der Waals surface area (Å²) in [6.45, 7) is 4.27. The van der Waals surface area contributed by atoms with E-state index >= 15 is 0 Å². The van der Waals surface area contributed by atoms with Gasteiger partial charge in [-0.05, 0) is 0 Å². The summed E-state index contributed by atoms with van der Waals surface area (Å²) in [5.74, 6) is 0.285. The number of carbonyl (C=O) groups excluding carboxylic acids is 1. The number of rotatable bonds is 0. The molecule has 3 heteroatoms. The van der Waals surface area contributed by atoms with Gasteiger partial charge in [0.05, 0.1) is 0 Å². The molecule has 0 bridgehead atoms. The van der Waals surface area contributed by atoms with E-state index in [0.717, 1.165) is 11.1 Å². The molecule has 0 saturated heterocycles. The molecule has 1 aliphatic rings. The Morgan fingerprint density at radius 1 is 0.929 bits per heavy atom. The number of aryl methyl sites for hydroxylation is 2. The van der Waals surface area contributed by atoms with Crippen molar-refractivity contribution in [1.82, 2.24) is 0 Å². The van der Waals surface area contributed by atoms with Crippen LogP contribution in [-0.2, 0) is 0 Å². The van der Waals surface area contributed by atoms with Gasteiger partial charge in [0.1, 0.15) is 0 Å². The summed E-state index contributed by atoms with van der Waals surface area (Å²) in [6, 6.07) is 4.18. The third kappa shape index (κ3) is 1.04. The van der Waals surface area contributed by atoms with E-state index in [0.29, 0.717) is 29.0 Å². The van der Waals surface area contributed by atoms with Crippen LogP contribution < -0.4 is 0 Å². The Hall–Kier alpha value is -0.331. The fourth-order valence-electron chi connectivity index (χ4n) is 1.85. The van der Waals surface area contributed by atoms with Crippen molar-refractivity contribution in [3.8, 4) is 8.87 Å². The third-order valence-electron chi connectivity index (χ3n) is 2.41. The Kier molecular flexibility index (Phi) is 1.81. The molecule has 0 saturated carbocycles. The Morgan fingerprint density at radius 2 is 1.36 bits per heavy atom. The summed E-state index contributed by atoms with van der Waals surface area (Å²) >= 11 is 0.866. The Morgan fingerprint density at radius 3 is 1.79 bits per heavy atom. The molecule has 0 unspecified atom stereocenters. The average molecular weight is 314 g/mol. The van der Waals surface area contributed by atoms with Gasteiger partial charge in [-0.15, -0.1) is 0 Å². The van der Waals surface area contributed by atoms with Gasteiger partial charge in [0.25, 0.3) is 0 Å². The summed E-state index contributed by atoms with van der Waals surface area (Å²) in [4.78, 5) is 12.0. The van der Waals surface area contributed by atoms with Crippen LogP contribution in [0.5, 0.6) is 0 Å². The van der Waals surface area contributed by atoms with E-state index in [1.165, 1.54) is 17.7 Å². The molecule has 0 aromatic carbocycles. The molecule has 0 amide bonds. The van der Waals surface area contributed by atoms with Crippen LogP contribution in [0, 0.1) is 13.8 Å². The molecule has 0 radical (unpaired) electrons. The second-order valence-electron chi connectivity index (χ2n) is 3.53. The Labute approximate surface area is 94.3 Å². The van der Waals surface area contributed by atoms with Gasteiger partial charge in [0, 0.05) is 0 Å². The van der Waals surface area contributed by atoms with Crippen LogP contribution in [0.25, 0.3) is 8.87 Å². The molecule has 0 N–H and O–H groups in total. The Balaban J connectivity index is 2.37. The van der Waals surface area contributed by atoms with Crippen molar-refractivity contribution in [2.24, 2.45) is 0 Å². The third-order valence-corrected chi connectivity index (χ3v) is 7.54. The van der Waals surface area contributed by atoms with E-state index in [2.05, 4.69) is 26.0 Å². The van der Waals surface area contributed by atoms with Crippen molar-refractivity contribution in [3.63, 3.8) is 0 Å². The average Bonchev–Trinajstić information content (AvgIpc) is 2.71. The molecular formula is C11H8OSe2. The van der Waals surface area contributed by atoms with Crippen molar-refractivity contribution in [3.05, 3.63) is 32.1 Å². The van der Waals surface area contributed by atoms with E-state index in [9.17, 15) is 4.79 Å². The first-order valence-corrected chi connectivity index (χ1v) is 7.85. The van der Waals surface area contributed by atoms with Crippen LogP contribution in [-0.4, -0.2) is 34.8 Å². The topological polar surface area (TPSA) is 17.1 Å². The van der Waals surface area contributed by atoms with Gasteiger partial charge < -0.3 is 0 Å². The predicted molar refractivity (Wildman–Crippen MR) is 58.7 cm³/mol. The maximum absolute atomic E-state index is 12.0. The first kappa shape index (κ1) is 8.94. The maximum atomic E-state index is 12.0. The van der Waals surface area contributed by atoms with E-state index in [1.807, 2.05) is 0 Å². The predicted octanol–water partition coefficient (Wildman–Crippen LogP) is 1.63. The zero-order valence-corrected chi connectivity index (χ0v) is 11.3. The van der Waals surface area contributed by atoms with Crippen LogP contribution >= 0.6 is 0 Å². The summed E-state index contributed by atoms with van der Waals surface area (Å²) in [5, 5.41) is 0. The van der Waals surface area contributed by atoms with Gasteiger partial charge in [-0.25, -0.2) is 0 Å². The number of fused-ring (bicyclic) bond motifs is 3. The molecule has 0 aliphatic heterocycles. The number of carbonyl (C=O) groups is 1. The fraction of sp³-hybridized carbons (Fsp3) is 0.182. The molecule has 0 fully saturated rings. The minimum absolute atomic E-state index is 0.285. The van der Waals surface area contributed by atoms with Crippen LogP contribution in [0.3, 0.4) is 0 Å². The molecular weight excluding hydrogens is 306 g/mol. The minimum atomic E-state index is 0.285. The molecule has 14 heavy (non-hydrogen) atoms. The number of hydrogen-bond acceptors (Lipinski definition) is 1. The number of ketones is 1. The second kappa shape index (κ2) is 2.83. The molecule has 2 aromatic rings. The van der Waals surface area contributed by atoms with Crippen molar-refractivity contribution < 1.29 is 4.79 Å². The van der Waals surface area contributed by atoms with Gasteiger partial charge in [-0.3, -0.25) is 0 Å². The van der Waals surface area contributed by atoms with Crippen LogP contribution in [0.2, 0.25) is 0 Å². The normalized spacial score (nSPS) is 13.1. The summed E-state index contributed by atoms with van der Waals surface area (Å²) in [7, 11) is 0. The molecule has 3 rings (SSSR count). The van der Waals surface area contributed by atoms with Gasteiger partial charge in [0.2, 0.25) is 0 Å². The molecule has 0 spiro atoms.